The molecule has 2 amide bonds. The maximum absolute atomic E-state index is 14.0. The summed E-state index contributed by atoms with van der Waals surface area (Å²) in [6, 6.07) is -0.795. The summed E-state index contributed by atoms with van der Waals surface area (Å²) in [7, 11) is 0. The number of aliphatic hydroxyl groups excluding tert-OH is 1. The summed E-state index contributed by atoms with van der Waals surface area (Å²) in [4.78, 5) is 44.2. The SMILES string of the molecule is C=CCOC(=O)[C@H]1[C@H]2C(=O)N(CCCCCCO)C(C(=O)N(CC=C)CCCC)C23CC(Br)[C@@H]1O3. The second kappa shape index (κ2) is 12.5. The van der Waals surface area contributed by atoms with Gasteiger partial charge in [-0.1, -0.05) is 60.8 Å². The fourth-order valence-electron chi connectivity index (χ4n) is 5.87. The Morgan fingerprint density at radius 3 is 2.66 bits per heavy atom. The Morgan fingerprint density at radius 1 is 1.26 bits per heavy atom. The van der Waals surface area contributed by atoms with Crippen LogP contribution in [0.3, 0.4) is 0 Å². The molecule has 6 atom stereocenters. The molecule has 3 fully saturated rings. The summed E-state index contributed by atoms with van der Waals surface area (Å²) in [5.74, 6) is -2.35. The highest BCUT2D eigenvalue weighted by atomic mass is 79.9. The van der Waals surface area contributed by atoms with Gasteiger partial charge in [-0.3, -0.25) is 14.4 Å². The van der Waals surface area contributed by atoms with Gasteiger partial charge in [0, 0.05) is 31.1 Å². The molecule has 9 heteroatoms. The molecule has 3 saturated heterocycles. The largest absolute Gasteiger partial charge is 0.461 e. The first-order valence-electron chi connectivity index (χ1n) is 12.8. The van der Waals surface area contributed by atoms with Crippen molar-refractivity contribution in [3.63, 3.8) is 0 Å². The van der Waals surface area contributed by atoms with E-state index in [2.05, 4.69) is 36.0 Å². The molecule has 3 rings (SSSR count). The molecular weight excluding hydrogens is 516 g/mol. The second-order valence-corrected chi connectivity index (χ2v) is 10.9. The number of aliphatic hydroxyl groups is 1. The molecule has 1 spiro atoms. The van der Waals surface area contributed by atoms with Gasteiger partial charge in [0.1, 0.15) is 18.2 Å². The van der Waals surface area contributed by atoms with Gasteiger partial charge in [0.2, 0.25) is 11.8 Å². The Labute approximate surface area is 216 Å². The van der Waals surface area contributed by atoms with Crippen LogP contribution < -0.4 is 0 Å². The van der Waals surface area contributed by atoms with Crippen LogP contribution in [0.1, 0.15) is 51.9 Å². The predicted octanol–water partition coefficient (Wildman–Crippen LogP) is 2.83. The van der Waals surface area contributed by atoms with Gasteiger partial charge in [-0.15, -0.1) is 6.58 Å². The number of nitrogens with zero attached hydrogens (tertiary/aromatic N) is 2. The molecule has 0 aromatic carbocycles. The van der Waals surface area contributed by atoms with Crippen LogP contribution in [0.2, 0.25) is 0 Å². The summed E-state index contributed by atoms with van der Waals surface area (Å²) in [6.45, 7) is 11.0. The van der Waals surface area contributed by atoms with Crippen LogP contribution in [0, 0.1) is 11.8 Å². The normalized spacial score (nSPS) is 30.9. The van der Waals surface area contributed by atoms with Crippen molar-refractivity contribution in [3.8, 4) is 0 Å². The van der Waals surface area contributed by atoms with Crippen LogP contribution in [0.5, 0.6) is 0 Å². The molecule has 3 heterocycles. The van der Waals surface area contributed by atoms with Crippen molar-refractivity contribution < 1.29 is 29.0 Å². The molecule has 1 N–H and O–H groups in total. The van der Waals surface area contributed by atoms with Gasteiger partial charge in [-0.05, 0) is 25.7 Å². The lowest BCUT2D eigenvalue weighted by molar-refractivity contribution is -0.154. The summed E-state index contributed by atoms with van der Waals surface area (Å²) < 4.78 is 11.8. The molecule has 196 valence electrons. The van der Waals surface area contributed by atoms with Gasteiger partial charge in [0.15, 0.2) is 0 Å². The lowest BCUT2D eigenvalue weighted by Crippen LogP contribution is -2.57. The van der Waals surface area contributed by atoms with Crippen molar-refractivity contribution in [2.45, 2.75) is 74.4 Å². The molecule has 0 radical (unpaired) electrons. The predicted molar refractivity (Wildman–Crippen MR) is 136 cm³/mol. The smallest absolute Gasteiger partial charge is 0.312 e. The van der Waals surface area contributed by atoms with Crippen LogP contribution in [0.15, 0.2) is 25.3 Å². The first kappa shape index (κ1) is 27.9. The zero-order valence-corrected chi connectivity index (χ0v) is 22.3. The standard InChI is InChI=1S/C26H39BrN2O6/c1-4-7-13-28(12-5-2)24(32)22-26-17-18(27)21(35-26)19(25(33)34-16-6-3)20(26)23(31)29(22)14-10-8-9-11-15-30/h5-6,18-22,30H,2-4,7-17H2,1H3/t18?,19-,20-,21-,22?,26?/m0/s1. The Bertz CT molecular complexity index is 807. The van der Waals surface area contributed by atoms with E-state index in [4.69, 9.17) is 14.6 Å². The van der Waals surface area contributed by atoms with Gasteiger partial charge < -0.3 is 24.4 Å². The molecule has 0 saturated carbocycles. The van der Waals surface area contributed by atoms with E-state index in [0.717, 1.165) is 25.7 Å². The molecule has 0 aromatic heterocycles. The van der Waals surface area contributed by atoms with Crippen molar-refractivity contribution in [2.75, 3.05) is 32.8 Å². The number of amides is 2. The number of rotatable bonds is 15. The molecule has 0 aromatic rings. The summed E-state index contributed by atoms with van der Waals surface area (Å²) >= 11 is 3.66. The monoisotopic (exact) mass is 554 g/mol. The maximum Gasteiger partial charge on any atom is 0.312 e. The topological polar surface area (TPSA) is 96.4 Å². The number of halogens is 1. The number of hydrogen-bond acceptors (Lipinski definition) is 6. The molecule has 2 bridgehead atoms. The lowest BCUT2D eigenvalue weighted by atomic mass is 9.70. The zero-order chi connectivity index (χ0) is 25.6. The third kappa shape index (κ3) is 5.37. The van der Waals surface area contributed by atoms with Crippen LogP contribution >= 0.6 is 15.9 Å². The van der Waals surface area contributed by atoms with Gasteiger partial charge in [-0.2, -0.15) is 0 Å². The number of unbranched alkanes of at least 4 members (excludes halogenated alkanes) is 4. The second-order valence-electron chi connectivity index (χ2n) is 9.68. The van der Waals surface area contributed by atoms with Crippen molar-refractivity contribution in [1.29, 1.82) is 0 Å². The van der Waals surface area contributed by atoms with E-state index in [1.165, 1.54) is 6.08 Å². The highest BCUT2D eigenvalue weighted by Crippen LogP contribution is 2.60. The number of fused-ring (bicyclic) bond motifs is 1. The van der Waals surface area contributed by atoms with Gasteiger partial charge >= 0.3 is 5.97 Å². The average Bonchev–Trinajstić information content (AvgIpc) is 3.43. The van der Waals surface area contributed by atoms with Crippen molar-refractivity contribution in [2.24, 2.45) is 11.8 Å². The Kier molecular flexibility index (Phi) is 9.95. The number of carbonyl (C=O) groups excluding carboxylic acids is 3. The minimum Gasteiger partial charge on any atom is -0.461 e. The molecule has 35 heavy (non-hydrogen) atoms. The van der Waals surface area contributed by atoms with E-state index >= 15 is 0 Å². The van der Waals surface area contributed by atoms with Crippen LogP contribution in [0.4, 0.5) is 0 Å². The first-order chi connectivity index (χ1) is 16.9. The highest BCUT2D eigenvalue weighted by molar-refractivity contribution is 9.09. The van der Waals surface area contributed by atoms with Crippen molar-refractivity contribution in [1.82, 2.24) is 9.80 Å². The van der Waals surface area contributed by atoms with E-state index in [9.17, 15) is 14.4 Å². The Balaban J connectivity index is 1.94. The molecule has 8 nitrogen and oxygen atoms in total. The fraction of sp³-hybridized carbons (Fsp3) is 0.731. The summed E-state index contributed by atoms with van der Waals surface area (Å²) in [6.07, 6.45) is 8.05. The minimum absolute atomic E-state index is 0.0595. The van der Waals surface area contributed by atoms with E-state index in [-0.39, 0.29) is 29.9 Å². The molecule has 0 aliphatic carbocycles. The summed E-state index contributed by atoms with van der Waals surface area (Å²) in [5, 5.41) is 9.07. The summed E-state index contributed by atoms with van der Waals surface area (Å²) in [5.41, 5.74) is -1.07. The van der Waals surface area contributed by atoms with Crippen molar-refractivity contribution >= 4 is 33.7 Å². The van der Waals surface area contributed by atoms with Crippen molar-refractivity contribution in [3.05, 3.63) is 25.3 Å². The van der Waals surface area contributed by atoms with E-state index in [1.807, 2.05) is 0 Å². The molecule has 3 unspecified atom stereocenters. The zero-order valence-electron chi connectivity index (χ0n) is 20.7. The molecule has 3 aliphatic heterocycles. The minimum atomic E-state index is -1.07. The third-order valence-electron chi connectivity index (χ3n) is 7.39. The molecule has 3 aliphatic rings. The van der Waals surface area contributed by atoms with Crippen LogP contribution in [-0.2, 0) is 23.9 Å². The number of carbonyl (C=O) groups is 3. The number of ether oxygens (including phenoxy) is 2. The number of hydrogen-bond donors (Lipinski definition) is 1. The third-order valence-corrected chi connectivity index (χ3v) is 8.23. The number of likely N-dealkylation sites (tertiary alicyclic amines) is 1. The van der Waals surface area contributed by atoms with Crippen LogP contribution in [0.25, 0.3) is 0 Å². The van der Waals surface area contributed by atoms with E-state index in [1.54, 1.807) is 15.9 Å². The fourth-order valence-corrected chi connectivity index (χ4v) is 6.82. The average molecular weight is 556 g/mol. The van der Waals surface area contributed by atoms with Gasteiger partial charge in [0.05, 0.1) is 17.9 Å². The van der Waals surface area contributed by atoms with E-state index in [0.29, 0.717) is 38.9 Å². The first-order valence-corrected chi connectivity index (χ1v) is 13.7. The number of esters is 1. The Hall–Kier alpha value is -1.71. The van der Waals surface area contributed by atoms with Gasteiger partial charge in [0.25, 0.3) is 0 Å². The highest BCUT2D eigenvalue weighted by Gasteiger charge is 2.77. The van der Waals surface area contributed by atoms with Gasteiger partial charge in [-0.25, -0.2) is 0 Å². The van der Waals surface area contributed by atoms with E-state index < -0.39 is 35.6 Å². The quantitative estimate of drug-likeness (QED) is 0.145. The Morgan fingerprint density at radius 2 is 2.00 bits per heavy atom. The molecular formula is C26H39BrN2O6. The maximum atomic E-state index is 14.0. The lowest BCUT2D eigenvalue weighted by Gasteiger charge is -2.37. The van der Waals surface area contributed by atoms with Crippen LogP contribution in [-0.4, -0.2) is 88.1 Å². The number of alkyl halides is 1.